The van der Waals surface area contributed by atoms with Gasteiger partial charge < -0.3 is 20.1 Å². The lowest BCUT2D eigenvalue weighted by molar-refractivity contribution is 0.0601. The summed E-state index contributed by atoms with van der Waals surface area (Å²) in [7, 11) is 1.42. The summed E-state index contributed by atoms with van der Waals surface area (Å²) >= 11 is 0. The zero-order valence-corrected chi connectivity index (χ0v) is 18.5. The Balaban J connectivity index is 1.52. The number of aromatic hydroxyl groups is 2. The van der Waals surface area contributed by atoms with E-state index < -0.39 is 17.7 Å². The van der Waals surface area contributed by atoms with Crippen molar-refractivity contribution in [2.75, 3.05) is 26.7 Å². The predicted octanol–water partition coefficient (Wildman–Crippen LogP) is 2.61. The van der Waals surface area contributed by atoms with Crippen LogP contribution >= 0.6 is 0 Å². The molecule has 0 aromatic heterocycles. The van der Waals surface area contributed by atoms with Gasteiger partial charge in [-0.25, -0.2) is 0 Å². The van der Waals surface area contributed by atoms with Crippen molar-refractivity contribution >= 4 is 11.6 Å². The second-order valence-corrected chi connectivity index (χ2v) is 9.04. The number of methoxy groups -OCH3 is 1. The summed E-state index contributed by atoms with van der Waals surface area (Å²) in [6.45, 7) is 2.24. The molecular formula is C26H27NO6. The van der Waals surface area contributed by atoms with Gasteiger partial charge in [-0.2, -0.15) is 0 Å². The van der Waals surface area contributed by atoms with E-state index in [2.05, 4.69) is 17.1 Å². The third-order valence-corrected chi connectivity index (χ3v) is 7.19. The molecule has 3 N–H and O–H groups in total. The molecule has 0 spiro atoms. The zero-order valence-electron chi connectivity index (χ0n) is 18.5. The summed E-state index contributed by atoms with van der Waals surface area (Å²) < 4.78 is 5.28. The Bertz CT molecular complexity index is 1180. The van der Waals surface area contributed by atoms with Crippen LogP contribution in [-0.4, -0.2) is 64.6 Å². The maximum atomic E-state index is 13.3. The number of hydrogen-bond donors (Lipinski definition) is 3. The third kappa shape index (κ3) is 3.43. The Morgan fingerprint density at radius 3 is 2.55 bits per heavy atom. The number of aliphatic hydroxyl groups is 1. The number of fused-ring (bicyclic) bond motifs is 3. The van der Waals surface area contributed by atoms with Gasteiger partial charge in [-0.05, 0) is 37.7 Å². The Kier molecular flexibility index (Phi) is 5.46. The monoisotopic (exact) mass is 449 g/mol. The fourth-order valence-corrected chi connectivity index (χ4v) is 5.43. The molecule has 2 atom stereocenters. The number of carbonyl (C=O) groups is 2. The number of ether oxygens (including phenoxy) is 1. The zero-order chi connectivity index (χ0) is 23.3. The van der Waals surface area contributed by atoms with Crippen LogP contribution in [0.15, 0.2) is 30.4 Å². The standard InChI is InChI=1S/C26H27NO6/c1-33-19-7-5-6-16-20(19)26(32)22-21(24(16)30)25(31)17-12-14(8-9-15(17)23(22)29)18(28)13-27-10-3-2-4-11-27/h2-3,5-7,14,18,28-29,31H,4,8-13H2,1H3. The fraction of sp³-hybridized carbons (Fsp3) is 0.385. The molecule has 1 heterocycles. The molecule has 172 valence electrons. The van der Waals surface area contributed by atoms with Crippen LogP contribution in [0.2, 0.25) is 0 Å². The van der Waals surface area contributed by atoms with Crippen molar-refractivity contribution < 1.29 is 29.6 Å². The van der Waals surface area contributed by atoms with Crippen LogP contribution in [0.4, 0.5) is 0 Å². The number of aliphatic hydroxyl groups excluding tert-OH is 1. The second-order valence-electron chi connectivity index (χ2n) is 9.04. The number of β-amino-alcohol motifs (C(OH)–C–C–N with tert-alkyl or cyclic N) is 1. The van der Waals surface area contributed by atoms with Gasteiger partial charge in [-0.1, -0.05) is 24.3 Å². The van der Waals surface area contributed by atoms with Crippen LogP contribution in [0.1, 0.15) is 55.8 Å². The number of phenols is 2. The molecule has 2 aromatic carbocycles. The number of benzene rings is 2. The Labute approximate surface area is 191 Å². The summed E-state index contributed by atoms with van der Waals surface area (Å²) in [5.41, 5.74) is 0.863. The molecule has 2 aromatic rings. The van der Waals surface area contributed by atoms with E-state index in [1.165, 1.54) is 13.2 Å². The van der Waals surface area contributed by atoms with E-state index in [-0.39, 0.29) is 45.4 Å². The van der Waals surface area contributed by atoms with Crippen LogP contribution in [-0.2, 0) is 12.8 Å². The van der Waals surface area contributed by atoms with Crippen molar-refractivity contribution in [1.82, 2.24) is 4.90 Å². The Hall–Kier alpha value is -3.16. The molecule has 7 heteroatoms. The summed E-state index contributed by atoms with van der Waals surface area (Å²) in [5.74, 6) is -1.42. The van der Waals surface area contributed by atoms with Crippen molar-refractivity contribution in [3.63, 3.8) is 0 Å². The normalized spacial score (nSPS) is 20.7. The van der Waals surface area contributed by atoms with E-state index in [0.717, 1.165) is 19.5 Å². The van der Waals surface area contributed by atoms with Crippen LogP contribution in [0.25, 0.3) is 0 Å². The summed E-state index contributed by atoms with van der Waals surface area (Å²) in [6.07, 6.45) is 5.95. The first-order chi connectivity index (χ1) is 15.9. The number of ketones is 2. The maximum Gasteiger partial charge on any atom is 0.202 e. The molecule has 0 amide bonds. The fourth-order valence-electron chi connectivity index (χ4n) is 5.43. The lowest BCUT2D eigenvalue weighted by Crippen LogP contribution is -2.40. The molecule has 1 aliphatic heterocycles. The van der Waals surface area contributed by atoms with Gasteiger partial charge >= 0.3 is 0 Å². The molecule has 7 nitrogen and oxygen atoms in total. The molecule has 33 heavy (non-hydrogen) atoms. The van der Waals surface area contributed by atoms with Crippen LogP contribution in [0.5, 0.6) is 17.2 Å². The Morgan fingerprint density at radius 2 is 1.82 bits per heavy atom. The molecule has 0 fully saturated rings. The molecule has 2 aliphatic carbocycles. The van der Waals surface area contributed by atoms with E-state index in [9.17, 15) is 24.9 Å². The quantitative estimate of drug-likeness (QED) is 0.415. The molecular weight excluding hydrogens is 422 g/mol. The first kappa shape index (κ1) is 21.7. The number of rotatable bonds is 4. The minimum absolute atomic E-state index is 0.104. The maximum absolute atomic E-state index is 13.3. The van der Waals surface area contributed by atoms with Gasteiger partial charge in [0.1, 0.15) is 17.2 Å². The van der Waals surface area contributed by atoms with Crippen LogP contribution in [0, 0.1) is 5.92 Å². The van der Waals surface area contributed by atoms with Gasteiger partial charge in [0.25, 0.3) is 0 Å². The number of phenolic OH excluding ortho intramolecular Hbond substituents is 2. The highest BCUT2D eigenvalue weighted by atomic mass is 16.5. The van der Waals surface area contributed by atoms with Crippen LogP contribution in [0.3, 0.4) is 0 Å². The van der Waals surface area contributed by atoms with Crippen molar-refractivity contribution in [2.24, 2.45) is 5.92 Å². The van der Waals surface area contributed by atoms with Crippen molar-refractivity contribution in [2.45, 2.75) is 31.8 Å². The van der Waals surface area contributed by atoms with Gasteiger partial charge in [-0.15, -0.1) is 0 Å². The predicted molar refractivity (Wildman–Crippen MR) is 121 cm³/mol. The average molecular weight is 450 g/mol. The largest absolute Gasteiger partial charge is 0.507 e. The lowest BCUT2D eigenvalue weighted by Gasteiger charge is -2.34. The van der Waals surface area contributed by atoms with E-state index in [1.807, 2.05) is 0 Å². The molecule has 5 rings (SSSR count). The molecule has 2 unspecified atom stereocenters. The topological polar surface area (TPSA) is 107 Å². The SMILES string of the molecule is COc1cccc2c1C(=O)c1c(O)c3c(c(O)c1C2=O)CC(C(O)CN1CC=CCC1)CC3. The number of nitrogens with zero attached hydrogens (tertiary/aromatic N) is 1. The van der Waals surface area contributed by atoms with Crippen molar-refractivity contribution in [1.29, 1.82) is 0 Å². The van der Waals surface area contributed by atoms with Gasteiger partial charge in [-0.3, -0.25) is 14.5 Å². The molecule has 0 saturated carbocycles. The minimum atomic E-state index is -0.593. The summed E-state index contributed by atoms with van der Waals surface area (Å²) in [5, 5.41) is 33.1. The smallest absolute Gasteiger partial charge is 0.202 e. The van der Waals surface area contributed by atoms with Gasteiger partial charge in [0, 0.05) is 36.3 Å². The molecule has 0 saturated heterocycles. The molecule has 3 aliphatic rings. The van der Waals surface area contributed by atoms with Crippen molar-refractivity contribution in [3.05, 3.63) is 63.7 Å². The number of hydrogen-bond acceptors (Lipinski definition) is 7. The van der Waals surface area contributed by atoms with Crippen LogP contribution < -0.4 is 4.74 Å². The minimum Gasteiger partial charge on any atom is -0.507 e. The second kappa shape index (κ2) is 8.32. The van der Waals surface area contributed by atoms with E-state index in [1.54, 1.807) is 12.1 Å². The first-order valence-electron chi connectivity index (χ1n) is 11.3. The van der Waals surface area contributed by atoms with Gasteiger partial charge in [0.05, 0.1) is 29.9 Å². The van der Waals surface area contributed by atoms with E-state index in [0.29, 0.717) is 36.9 Å². The summed E-state index contributed by atoms with van der Waals surface area (Å²) in [6, 6.07) is 4.73. The molecule has 0 radical (unpaired) electrons. The molecule has 0 bridgehead atoms. The number of carbonyl (C=O) groups excluding carboxylic acids is 2. The van der Waals surface area contributed by atoms with Gasteiger partial charge in [0.15, 0.2) is 5.78 Å². The Morgan fingerprint density at radius 1 is 1.06 bits per heavy atom. The highest BCUT2D eigenvalue weighted by Crippen LogP contribution is 2.47. The first-order valence-corrected chi connectivity index (χ1v) is 11.3. The highest BCUT2D eigenvalue weighted by molar-refractivity contribution is 6.31. The summed E-state index contributed by atoms with van der Waals surface area (Å²) in [4.78, 5) is 28.8. The lowest BCUT2D eigenvalue weighted by atomic mass is 9.74. The average Bonchev–Trinajstić information content (AvgIpc) is 2.84. The van der Waals surface area contributed by atoms with Gasteiger partial charge in [0.2, 0.25) is 5.78 Å². The van der Waals surface area contributed by atoms with Crippen molar-refractivity contribution in [3.8, 4) is 17.2 Å². The third-order valence-electron chi connectivity index (χ3n) is 7.19. The van der Waals surface area contributed by atoms with E-state index >= 15 is 0 Å². The van der Waals surface area contributed by atoms with E-state index in [4.69, 9.17) is 4.74 Å². The highest BCUT2D eigenvalue weighted by Gasteiger charge is 2.41.